The van der Waals surface area contributed by atoms with E-state index in [1.54, 1.807) is 35.6 Å². The summed E-state index contributed by atoms with van der Waals surface area (Å²) in [6, 6.07) is 17.1. The van der Waals surface area contributed by atoms with Crippen LogP contribution >= 0.6 is 11.3 Å². The number of nitrogens with zero attached hydrogens (tertiary/aromatic N) is 3. The average molecular weight is 347 g/mol. The maximum absolute atomic E-state index is 12.8. The van der Waals surface area contributed by atoms with Gasteiger partial charge in [-0.2, -0.15) is 5.26 Å². The highest BCUT2D eigenvalue weighted by molar-refractivity contribution is 7.18. The fourth-order valence-corrected chi connectivity index (χ4v) is 4.39. The topological polar surface area (TPSA) is 57.0 Å². The lowest BCUT2D eigenvalue weighted by atomic mass is 9.98. The normalized spacial score (nSPS) is 17.4. The van der Waals surface area contributed by atoms with Crippen LogP contribution in [0, 0.1) is 11.3 Å². The summed E-state index contributed by atoms with van der Waals surface area (Å²) in [7, 11) is 0. The molecule has 0 spiro atoms. The summed E-state index contributed by atoms with van der Waals surface area (Å²) in [4.78, 5) is 19.5. The Morgan fingerprint density at radius 3 is 2.76 bits per heavy atom. The Morgan fingerprint density at radius 2 is 2.00 bits per heavy atom. The number of rotatable bonds is 2. The first-order valence-corrected chi connectivity index (χ1v) is 9.21. The van der Waals surface area contributed by atoms with Gasteiger partial charge in [-0.3, -0.25) is 4.79 Å². The highest BCUT2D eigenvalue weighted by Gasteiger charge is 2.27. The summed E-state index contributed by atoms with van der Waals surface area (Å²) in [5.41, 5.74) is 2.25. The van der Waals surface area contributed by atoms with Crippen molar-refractivity contribution in [2.24, 2.45) is 0 Å². The lowest BCUT2D eigenvalue weighted by Gasteiger charge is -2.32. The zero-order valence-corrected chi connectivity index (χ0v) is 14.5. The molecule has 1 unspecified atom stereocenters. The molecule has 0 N–H and O–H groups in total. The van der Waals surface area contributed by atoms with E-state index < -0.39 is 0 Å². The summed E-state index contributed by atoms with van der Waals surface area (Å²) in [5, 5.41) is 10.0. The first-order chi connectivity index (χ1) is 12.2. The molecule has 1 atom stereocenters. The highest BCUT2D eigenvalue weighted by Crippen LogP contribution is 2.33. The Labute approximate surface area is 150 Å². The summed E-state index contributed by atoms with van der Waals surface area (Å²) in [6.45, 7) is 1.49. The summed E-state index contributed by atoms with van der Waals surface area (Å²) in [5.74, 6) is 0.337. The second-order valence-electron chi connectivity index (χ2n) is 6.30. The molecular weight excluding hydrogens is 330 g/mol. The molecule has 1 amide bonds. The van der Waals surface area contributed by atoms with Gasteiger partial charge in [-0.25, -0.2) is 4.98 Å². The van der Waals surface area contributed by atoms with Crippen molar-refractivity contribution in [1.82, 2.24) is 9.88 Å². The van der Waals surface area contributed by atoms with E-state index in [1.165, 1.54) is 4.70 Å². The van der Waals surface area contributed by atoms with Gasteiger partial charge in [0.15, 0.2) is 0 Å². The molecule has 2 aromatic carbocycles. The fourth-order valence-electron chi connectivity index (χ4n) is 3.30. The molecule has 0 bridgehead atoms. The van der Waals surface area contributed by atoms with E-state index in [4.69, 9.17) is 10.2 Å². The molecule has 1 aliphatic heterocycles. The predicted octanol–water partition coefficient (Wildman–Crippen LogP) is 4.19. The molecule has 1 saturated heterocycles. The number of piperidine rings is 1. The quantitative estimate of drug-likeness (QED) is 0.698. The van der Waals surface area contributed by atoms with Crippen molar-refractivity contribution in [3.8, 4) is 6.07 Å². The Hall–Kier alpha value is -2.71. The van der Waals surface area contributed by atoms with Gasteiger partial charge in [-0.05, 0) is 49.2 Å². The summed E-state index contributed by atoms with van der Waals surface area (Å²) < 4.78 is 1.20. The molecule has 5 heteroatoms. The zero-order valence-electron chi connectivity index (χ0n) is 13.7. The van der Waals surface area contributed by atoms with Crippen LogP contribution in [0.25, 0.3) is 10.2 Å². The molecule has 124 valence electrons. The van der Waals surface area contributed by atoms with Crippen molar-refractivity contribution in [3.63, 3.8) is 0 Å². The largest absolute Gasteiger partial charge is 0.338 e. The van der Waals surface area contributed by atoms with Crippen LogP contribution < -0.4 is 0 Å². The monoisotopic (exact) mass is 347 g/mol. The van der Waals surface area contributed by atoms with Gasteiger partial charge in [0.05, 0.1) is 26.9 Å². The number of hydrogen-bond donors (Lipinski definition) is 0. The molecule has 1 fully saturated rings. The van der Waals surface area contributed by atoms with E-state index in [-0.39, 0.29) is 5.91 Å². The molecule has 1 aliphatic rings. The third-order valence-corrected chi connectivity index (χ3v) is 5.83. The van der Waals surface area contributed by atoms with Crippen molar-refractivity contribution in [3.05, 3.63) is 64.7 Å². The smallest absolute Gasteiger partial charge is 0.253 e. The number of benzene rings is 2. The second-order valence-corrected chi connectivity index (χ2v) is 7.36. The summed E-state index contributed by atoms with van der Waals surface area (Å²) >= 11 is 1.73. The van der Waals surface area contributed by atoms with Crippen LogP contribution in [-0.2, 0) is 0 Å². The van der Waals surface area contributed by atoms with Crippen molar-refractivity contribution in [2.45, 2.75) is 18.8 Å². The number of carbonyl (C=O) groups excluding carboxylic acids is 1. The van der Waals surface area contributed by atoms with Crippen LogP contribution in [0.4, 0.5) is 0 Å². The fraction of sp³-hybridized carbons (Fsp3) is 0.250. The Morgan fingerprint density at radius 1 is 1.20 bits per heavy atom. The van der Waals surface area contributed by atoms with Gasteiger partial charge in [0, 0.05) is 24.6 Å². The van der Waals surface area contributed by atoms with Crippen LogP contribution in [0.1, 0.15) is 39.7 Å². The Balaban J connectivity index is 1.53. The van der Waals surface area contributed by atoms with E-state index >= 15 is 0 Å². The first-order valence-electron chi connectivity index (χ1n) is 8.39. The van der Waals surface area contributed by atoms with E-state index in [0.717, 1.165) is 29.9 Å². The number of nitriles is 1. The second kappa shape index (κ2) is 6.66. The van der Waals surface area contributed by atoms with Gasteiger partial charge in [-0.1, -0.05) is 12.1 Å². The minimum Gasteiger partial charge on any atom is -0.338 e. The van der Waals surface area contributed by atoms with Gasteiger partial charge in [-0.15, -0.1) is 11.3 Å². The van der Waals surface area contributed by atoms with Crippen molar-refractivity contribution < 1.29 is 4.79 Å². The van der Waals surface area contributed by atoms with E-state index in [1.807, 2.05) is 23.1 Å². The highest BCUT2D eigenvalue weighted by atomic mass is 32.1. The molecule has 0 aliphatic carbocycles. The number of carbonyl (C=O) groups is 1. The minimum atomic E-state index is 0.0373. The minimum absolute atomic E-state index is 0.0373. The van der Waals surface area contributed by atoms with E-state index in [2.05, 4.69) is 12.1 Å². The van der Waals surface area contributed by atoms with Gasteiger partial charge < -0.3 is 4.90 Å². The Kier molecular flexibility index (Phi) is 4.21. The van der Waals surface area contributed by atoms with E-state index in [0.29, 0.717) is 23.6 Å². The molecule has 4 rings (SSSR count). The molecule has 0 radical (unpaired) electrons. The summed E-state index contributed by atoms with van der Waals surface area (Å²) in [6.07, 6.45) is 2.06. The number of aromatic nitrogens is 1. The van der Waals surface area contributed by atoms with Gasteiger partial charge in [0.25, 0.3) is 5.91 Å². The SMILES string of the molecule is N#Cc1ccc(C(=O)N2CCCC(c3nc4ccccc4s3)C2)cc1. The van der Waals surface area contributed by atoms with Gasteiger partial charge in [0.2, 0.25) is 0 Å². The number of hydrogen-bond acceptors (Lipinski definition) is 4. The van der Waals surface area contributed by atoms with E-state index in [9.17, 15) is 4.79 Å². The van der Waals surface area contributed by atoms with Crippen LogP contribution in [0.3, 0.4) is 0 Å². The van der Waals surface area contributed by atoms with Gasteiger partial charge in [0.1, 0.15) is 0 Å². The Bertz CT molecular complexity index is 922. The number of amides is 1. The predicted molar refractivity (Wildman–Crippen MR) is 98.7 cm³/mol. The maximum Gasteiger partial charge on any atom is 0.253 e. The molecule has 2 heterocycles. The standard InChI is InChI=1S/C20H17N3OS/c21-12-14-7-9-15(10-8-14)20(24)23-11-3-4-16(13-23)19-22-17-5-1-2-6-18(17)25-19/h1-2,5-10,16H,3-4,11,13H2. The average Bonchev–Trinajstić information content (AvgIpc) is 3.12. The molecule has 25 heavy (non-hydrogen) atoms. The van der Waals surface area contributed by atoms with Crippen LogP contribution in [0.5, 0.6) is 0 Å². The number of fused-ring (bicyclic) bond motifs is 1. The number of thiazole rings is 1. The molecule has 3 aromatic rings. The molecule has 4 nitrogen and oxygen atoms in total. The molecule has 0 saturated carbocycles. The third-order valence-electron chi connectivity index (χ3n) is 4.63. The zero-order chi connectivity index (χ0) is 17.2. The molecule has 1 aromatic heterocycles. The van der Waals surface area contributed by atoms with Crippen molar-refractivity contribution in [1.29, 1.82) is 5.26 Å². The third kappa shape index (κ3) is 3.13. The van der Waals surface area contributed by atoms with Crippen LogP contribution in [-0.4, -0.2) is 28.9 Å². The lowest BCUT2D eigenvalue weighted by molar-refractivity contribution is 0.0707. The van der Waals surface area contributed by atoms with Crippen LogP contribution in [0.2, 0.25) is 0 Å². The number of likely N-dealkylation sites (tertiary alicyclic amines) is 1. The lowest BCUT2D eigenvalue weighted by Crippen LogP contribution is -2.39. The van der Waals surface area contributed by atoms with Gasteiger partial charge >= 0.3 is 0 Å². The number of para-hydroxylation sites is 1. The molecular formula is C20H17N3OS. The van der Waals surface area contributed by atoms with Crippen molar-refractivity contribution in [2.75, 3.05) is 13.1 Å². The maximum atomic E-state index is 12.8. The van der Waals surface area contributed by atoms with Crippen LogP contribution in [0.15, 0.2) is 48.5 Å². The first kappa shape index (κ1) is 15.8. The van der Waals surface area contributed by atoms with Crippen molar-refractivity contribution >= 4 is 27.5 Å².